The molecule has 16 heavy (non-hydrogen) atoms. The maximum atomic E-state index is 10.7. The van der Waals surface area contributed by atoms with Crippen LogP contribution in [0.5, 0.6) is 5.88 Å². The van der Waals surface area contributed by atoms with Gasteiger partial charge in [-0.1, -0.05) is 0 Å². The van der Waals surface area contributed by atoms with Gasteiger partial charge >= 0.3 is 5.97 Å². The predicted molar refractivity (Wildman–Crippen MR) is 59.4 cm³/mol. The van der Waals surface area contributed by atoms with E-state index in [0.29, 0.717) is 0 Å². The summed E-state index contributed by atoms with van der Waals surface area (Å²) >= 11 is 0. The summed E-state index contributed by atoms with van der Waals surface area (Å²) in [5.41, 5.74) is 0. The zero-order valence-electron chi connectivity index (χ0n) is 9.35. The first-order chi connectivity index (χ1) is 7.75. The van der Waals surface area contributed by atoms with Crippen molar-refractivity contribution in [1.82, 2.24) is 9.97 Å². The molecule has 1 aromatic heterocycles. The Balaban J connectivity index is 2.03. The first-order valence-electron chi connectivity index (χ1n) is 5.51. The van der Waals surface area contributed by atoms with Crippen molar-refractivity contribution in [1.29, 1.82) is 0 Å². The highest BCUT2D eigenvalue weighted by Gasteiger charge is 2.12. The molecule has 0 N–H and O–H groups in total. The molecule has 0 unspecified atom stereocenters. The summed E-state index contributed by atoms with van der Waals surface area (Å²) < 4.78 is 4.83. The summed E-state index contributed by atoms with van der Waals surface area (Å²) in [5, 5.41) is 0. The van der Waals surface area contributed by atoms with E-state index in [2.05, 4.69) is 14.9 Å². The van der Waals surface area contributed by atoms with Gasteiger partial charge in [0.15, 0.2) is 0 Å². The molecule has 0 amide bonds. The number of nitrogens with zero attached hydrogens (tertiary/aromatic N) is 3. The Morgan fingerprint density at radius 1 is 1.25 bits per heavy atom. The number of hydrogen-bond acceptors (Lipinski definition) is 5. The van der Waals surface area contributed by atoms with Crippen LogP contribution >= 0.6 is 0 Å². The first-order valence-corrected chi connectivity index (χ1v) is 5.51. The lowest BCUT2D eigenvalue weighted by Gasteiger charge is -2.27. The molecule has 0 aromatic carbocycles. The Morgan fingerprint density at radius 2 is 2.00 bits per heavy atom. The third-order valence-electron chi connectivity index (χ3n) is 2.54. The van der Waals surface area contributed by atoms with Crippen LogP contribution in [0.2, 0.25) is 0 Å². The molecule has 0 bridgehead atoms. The summed E-state index contributed by atoms with van der Waals surface area (Å²) in [6.45, 7) is 3.41. The van der Waals surface area contributed by atoms with Crippen molar-refractivity contribution in [2.45, 2.75) is 26.2 Å². The number of carbonyl (C=O) groups is 1. The van der Waals surface area contributed by atoms with Crippen LogP contribution in [0.3, 0.4) is 0 Å². The van der Waals surface area contributed by atoms with Crippen molar-refractivity contribution in [2.24, 2.45) is 0 Å². The van der Waals surface area contributed by atoms with Gasteiger partial charge in [0.2, 0.25) is 5.88 Å². The molecule has 1 aromatic rings. The van der Waals surface area contributed by atoms with Crippen molar-refractivity contribution in [3.8, 4) is 5.88 Å². The van der Waals surface area contributed by atoms with E-state index in [1.807, 2.05) is 0 Å². The molecule has 1 fully saturated rings. The predicted octanol–water partition coefficient (Wildman–Crippen LogP) is 1.39. The van der Waals surface area contributed by atoms with Crippen LogP contribution in [-0.4, -0.2) is 29.0 Å². The van der Waals surface area contributed by atoms with Crippen LogP contribution in [0.1, 0.15) is 26.2 Å². The molecule has 0 aliphatic carbocycles. The molecule has 2 rings (SSSR count). The molecule has 1 aliphatic rings. The Hall–Kier alpha value is -1.65. The SMILES string of the molecule is CC(=O)Oc1cnc(N2CCCCC2)cn1. The Morgan fingerprint density at radius 3 is 2.56 bits per heavy atom. The molecule has 1 saturated heterocycles. The van der Waals surface area contributed by atoms with Gasteiger partial charge in [0, 0.05) is 20.0 Å². The van der Waals surface area contributed by atoms with Crippen molar-refractivity contribution in [3.63, 3.8) is 0 Å². The fourth-order valence-electron chi connectivity index (χ4n) is 1.80. The van der Waals surface area contributed by atoms with E-state index >= 15 is 0 Å². The quantitative estimate of drug-likeness (QED) is 0.706. The maximum Gasteiger partial charge on any atom is 0.309 e. The lowest BCUT2D eigenvalue weighted by molar-refractivity contribution is -0.132. The highest BCUT2D eigenvalue weighted by Crippen LogP contribution is 2.17. The summed E-state index contributed by atoms with van der Waals surface area (Å²) in [6, 6.07) is 0. The molecular formula is C11H15N3O2. The minimum atomic E-state index is -0.375. The highest BCUT2D eigenvalue weighted by molar-refractivity contribution is 5.68. The van der Waals surface area contributed by atoms with Crippen LogP contribution < -0.4 is 9.64 Å². The van der Waals surface area contributed by atoms with Crippen LogP contribution in [0.15, 0.2) is 12.4 Å². The molecule has 0 spiro atoms. The molecule has 2 heterocycles. The third-order valence-corrected chi connectivity index (χ3v) is 2.54. The van der Waals surface area contributed by atoms with Crippen LogP contribution in [0.25, 0.3) is 0 Å². The van der Waals surface area contributed by atoms with E-state index in [1.54, 1.807) is 6.20 Å². The van der Waals surface area contributed by atoms with Gasteiger partial charge in [-0.25, -0.2) is 9.97 Å². The number of aromatic nitrogens is 2. The number of piperidine rings is 1. The minimum absolute atomic E-state index is 0.258. The number of hydrogen-bond donors (Lipinski definition) is 0. The highest BCUT2D eigenvalue weighted by atomic mass is 16.5. The number of esters is 1. The summed E-state index contributed by atoms with van der Waals surface area (Å²) in [6.07, 6.45) is 6.84. The largest absolute Gasteiger partial charge is 0.406 e. The van der Waals surface area contributed by atoms with Gasteiger partial charge in [0.05, 0.1) is 12.4 Å². The van der Waals surface area contributed by atoms with Gasteiger partial charge in [-0.2, -0.15) is 0 Å². The smallest absolute Gasteiger partial charge is 0.309 e. The standard InChI is InChI=1S/C11H15N3O2/c1-9(15)16-11-8-12-10(7-13-11)14-5-3-2-4-6-14/h7-8H,2-6H2,1H3. The molecule has 5 heteroatoms. The molecule has 0 radical (unpaired) electrons. The van der Waals surface area contributed by atoms with Crippen molar-refractivity contribution < 1.29 is 9.53 Å². The number of carbonyl (C=O) groups excluding carboxylic acids is 1. The first kappa shape index (κ1) is 10.9. The van der Waals surface area contributed by atoms with Gasteiger partial charge in [0.1, 0.15) is 5.82 Å². The second-order valence-corrected chi connectivity index (χ2v) is 3.85. The normalized spacial score (nSPS) is 15.9. The maximum absolute atomic E-state index is 10.7. The average Bonchev–Trinajstić information content (AvgIpc) is 2.30. The van der Waals surface area contributed by atoms with Crippen LogP contribution in [-0.2, 0) is 4.79 Å². The second kappa shape index (κ2) is 4.92. The molecule has 0 atom stereocenters. The van der Waals surface area contributed by atoms with Crippen molar-refractivity contribution in [2.75, 3.05) is 18.0 Å². The van der Waals surface area contributed by atoms with E-state index in [-0.39, 0.29) is 11.8 Å². The van der Waals surface area contributed by atoms with Gasteiger partial charge in [-0.15, -0.1) is 0 Å². The van der Waals surface area contributed by atoms with E-state index < -0.39 is 0 Å². The van der Waals surface area contributed by atoms with Gasteiger partial charge < -0.3 is 9.64 Å². The number of ether oxygens (including phenoxy) is 1. The minimum Gasteiger partial charge on any atom is -0.406 e. The second-order valence-electron chi connectivity index (χ2n) is 3.85. The Kier molecular flexibility index (Phi) is 3.34. The topological polar surface area (TPSA) is 55.3 Å². The van der Waals surface area contributed by atoms with E-state index in [4.69, 9.17) is 4.74 Å². The van der Waals surface area contributed by atoms with Crippen LogP contribution in [0, 0.1) is 0 Å². The number of anilines is 1. The van der Waals surface area contributed by atoms with E-state index in [0.717, 1.165) is 18.9 Å². The zero-order valence-corrected chi connectivity index (χ0v) is 9.35. The fourth-order valence-corrected chi connectivity index (χ4v) is 1.80. The van der Waals surface area contributed by atoms with Gasteiger partial charge in [0.25, 0.3) is 0 Å². The van der Waals surface area contributed by atoms with Gasteiger partial charge in [-0.05, 0) is 19.3 Å². The molecular weight excluding hydrogens is 206 g/mol. The molecule has 0 saturated carbocycles. The fraction of sp³-hybridized carbons (Fsp3) is 0.545. The Labute approximate surface area is 94.5 Å². The van der Waals surface area contributed by atoms with Gasteiger partial charge in [-0.3, -0.25) is 4.79 Å². The monoisotopic (exact) mass is 221 g/mol. The Bertz CT molecular complexity index is 358. The summed E-state index contributed by atoms with van der Waals surface area (Å²) in [4.78, 5) is 21.2. The summed E-state index contributed by atoms with van der Waals surface area (Å²) in [7, 11) is 0. The van der Waals surface area contributed by atoms with Crippen molar-refractivity contribution in [3.05, 3.63) is 12.4 Å². The lowest BCUT2D eigenvalue weighted by atomic mass is 10.1. The van der Waals surface area contributed by atoms with Crippen LogP contribution in [0.4, 0.5) is 5.82 Å². The number of rotatable bonds is 2. The molecule has 5 nitrogen and oxygen atoms in total. The summed E-state index contributed by atoms with van der Waals surface area (Å²) in [5.74, 6) is 0.740. The molecule has 86 valence electrons. The van der Waals surface area contributed by atoms with Crippen molar-refractivity contribution >= 4 is 11.8 Å². The zero-order chi connectivity index (χ0) is 11.4. The lowest BCUT2D eigenvalue weighted by Crippen LogP contribution is -2.30. The van der Waals surface area contributed by atoms with E-state index in [9.17, 15) is 4.79 Å². The third kappa shape index (κ3) is 2.68. The average molecular weight is 221 g/mol. The molecule has 1 aliphatic heterocycles. The van der Waals surface area contributed by atoms with E-state index in [1.165, 1.54) is 32.4 Å².